The van der Waals surface area contributed by atoms with E-state index in [1.165, 1.54) is 0 Å². The van der Waals surface area contributed by atoms with Crippen LogP contribution in [0.15, 0.2) is 12.7 Å². The maximum atomic E-state index is 11.2. The monoisotopic (exact) mass is 183 g/mol. The molecule has 1 saturated heterocycles. The predicted octanol–water partition coefficient (Wildman–Crippen LogP) is 0.399. The Morgan fingerprint density at radius 3 is 3.00 bits per heavy atom. The number of hydrogen-bond donors (Lipinski definition) is 2. The molecular formula is C9H13NO3. The average Bonchev–Trinajstić information content (AvgIpc) is 2.43. The molecule has 2 atom stereocenters. The third kappa shape index (κ3) is 2.31. The van der Waals surface area contributed by atoms with E-state index >= 15 is 0 Å². The van der Waals surface area contributed by atoms with Crippen molar-refractivity contribution >= 4 is 11.9 Å². The molecule has 0 aliphatic carbocycles. The van der Waals surface area contributed by atoms with Gasteiger partial charge in [0.05, 0.1) is 0 Å². The Morgan fingerprint density at radius 2 is 2.46 bits per heavy atom. The zero-order chi connectivity index (χ0) is 9.84. The molecule has 1 rings (SSSR count). The Morgan fingerprint density at radius 1 is 1.77 bits per heavy atom. The minimum atomic E-state index is -0.859. The summed E-state index contributed by atoms with van der Waals surface area (Å²) in [6.07, 6.45) is 2.16. The molecule has 1 fully saturated rings. The highest BCUT2D eigenvalue weighted by molar-refractivity contribution is 5.82. The average molecular weight is 183 g/mol. The number of carboxylic acid groups (broad SMARTS) is 1. The molecule has 0 radical (unpaired) electrons. The van der Waals surface area contributed by atoms with Gasteiger partial charge in [-0.1, -0.05) is 6.08 Å². The van der Waals surface area contributed by atoms with Gasteiger partial charge in [0.2, 0.25) is 5.91 Å². The van der Waals surface area contributed by atoms with Crippen LogP contribution >= 0.6 is 0 Å². The first kappa shape index (κ1) is 9.77. The largest absolute Gasteiger partial charge is 0.481 e. The first-order chi connectivity index (χ1) is 6.15. The van der Waals surface area contributed by atoms with Gasteiger partial charge in [-0.2, -0.15) is 0 Å². The van der Waals surface area contributed by atoms with E-state index in [1.807, 2.05) is 0 Å². The lowest BCUT2D eigenvalue weighted by atomic mass is 9.91. The van der Waals surface area contributed by atoms with Crippen LogP contribution in [-0.2, 0) is 9.59 Å². The third-order valence-electron chi connectivity index (χ3n) is 2.34. The van der Waals surface area contributed by atoms with Crippen LogP contribution in [0.1, 0.15) is 12.8 Å². The minimum Gasteiger partial charge on any atom is -0.481 e. The van der Waals surface area contributed by atoms with Gasteiger partial charge in [0.15, 0.2) is 0 Å². The molecule has 0 spiro atoms. The maximum Gasteiger partial charge on any atom is 0.303 e. The lowest BCUT2D eigenvalue weighted by Crippen LogP contribution is -2.20. The van der Waals surface area contributed by atoms with Gasteiger partial charge in [-0.25, -0.2) is 0 Å². The summed E-state index contributed by atoms with van der Waals surface area (Å²) in [6, 6.07) is 0. The molecule has 72 valence electrons. The van der Waals surface area contributed by atoms with E-state index < -0.39 is 5.97 Å². The fourth-order valence-corrected chi connectivity index (χ4v) is 1.56. The molecule has 0 unspecified atom stereocenters. The molecule has 1 aliphatic heterocycles. The van der Waals surface area contributed by atoms with Crippen molar-refractivity contribution in [2.24, 2.45) is 11.8 Å². The highest BCUT2D eigenvalue weighted by atomic mass is 16.4. The van der Waals surface area contributed by atoms with E-state index in [1.54, 1.807) is 6.08 Å². The first-order valence-corrected chi connectivity index (χ1v) is 4.27. The molecule has 4 heteroatoms. The highest BCUT2D eigenvalue weighted by Crippen LogP contribution is 2.23. The van der Waals surface area contributed by atoms with E-state index in [0.717, 1.165) is 0 Å². The van der Waals surface area contributed by atoms with Crippen molar-refractivity contribution in [3.63, 3.8) is 0 Å². The van der Waals surface area contributed by atoms with Gasteiger partial charge >= 0.3 is 5.97 Å². The number of aliphatic carboxylic acids is 1. The van der Waals surface area contributed by atoms with Crippen LogP contribution in [-0.4, -0.2) is 23.5 Å². The molecule has 1 heterocycles. The molecule has 0 aromatic carbocycles. The molecule has 13 heavy (non-hydrogen) atoms. The van der Waals surface area contributed by atoms with E-state index in [2.05, 4.69) is 11.9 Å². The van der Waals surface area contributed by atoms with Crippen LogP contribution in [0, 0.1) is 11.8 Å². The van der Waals surface area contributed by atoms with Crippen LogP contribution in [0.25, 0.3) is 0 Å². The third-order valence-corrected chi connectivity index (χ3v) is 2.34. The van der Waals surface area contributed by atoms with Crippen molar-refractivity contribution in [3.05, 3.63) is 12.7 Å². The van der Waals surface area contributed by atoms with E-state index in [-0.39, 0.29) is 24.2 Å². The Bertz CT molecular complexity index is 237. The summed E-state index contributed by atoms with van der Waals surface area (Å²) in [5, 5.41) is 11.2. The molecular weight excluding hydrogens is 170 g/mol. The normalized spacial score (nSPS) is 26.9. The van der Waals surface area contributed by atoms with Gasteiger partial charge in [0, 0.05) is 24.8 Å². The maximum absolute atomic E-state index is 11.2. The summed E-state index contributed by atoms with van der Waals surface area (Å²) in [4.78, 5) is 21.5. The van der Waals surface area contributed by atoms with Crippen molar-refractivity contribution in [3.8, 4) is 0 Å². The van der Waals surface area contributed by atoms with E-state index in [9.17, 15) is 9.59 Å². The fraction of sp³-hybridized carbons (Fsp3) is 0.556. The van der Waals surface area contributed by atoms with Crippen LogP contribution in [0.2, 0.25) is 0 Å². The lowest BCUT2D eigenvalue weighted by Gasteiger charge is -2.10. The van der Waals surface area contributed by atoms with Crippen molar-refractivity contribution in [2.75, 3.05) is 6.54 Å². The highest BCUT2D eigenvalue weighted by Gasteiger charge is 2.32. The number of amides is 1. The fourth-order valence-electron chi connectivity index (χ4n) is 1.56. The van der Waals surface area contributed by atoms with Crippen LogP contribution in [0.4, 0.5) is 0 Å². The van der Waals surface area contributed by atoms with Gasteiger partial charge in [0.25, 0.3) is 0 Å². The second kappa shape index (κ2) is 4.07. The van der Waals surface area contributed by atoms with Crippen molar-refractivity contribution in [1.29, 1.82) is 0 Å². The van der Waals surface area contributed by atoms with Gasteiger partial charge in [-0.15, -0.1) is 6.58 Å². The number of rotatable bonds is 4. The topological polar surface area (TPSA) is 66.4 Å². The minimum absolute atomic E-state index is 0.0441. The van der Waals surface area contributed by atoms with Crippen LogP contribution in [0.5, 0.6) is 0 Å². The summed E-state index contributed by atoms with van der Waals surface area (Å²) in [5.41, 5.74) is 0. The molecule has 0 saturated carbocycles. The van der Waals surface area contributed by atoms with Gasteiger partial charge in [-0.3, -0.25) is 9.59 Å². The Kier molecular flexibility index (Phi) is 3.06. The van der Waals surface area contributed by atoms with Crippen molar-refractivity contribution < 1.29 is 14.7 Å². The zero-order valence-corrected chi connectivity index (χ0v) is 7.32. The zero-order valence-electron chi connectivity index (χ0n) is 7.32. The summed E-state index contributed by atoms with van der Waals surface area (Å²) >= 11 is 0. The summed E-state index contributed by atoms with van der Waals surface area (Å²) in [5.74, 6) is -1.02. The second-order valence-electron chi connectivity index (χ2n) is 3.18. The van der Waals surface area contributed by atoms with E-state index in [0.29, 0.717) is 13.0 Å². The standard InChI is InChI=1S/C9H13NO3/c1-2-6-5-10-9(13)7(6)3-4-8(11)12/h2,6-7H,1,3-5H2,(H,10,13)(H,11,12)/t6-,7-/m0/s1. The molecule has 0 aromatic heterocycles. The van der Waals surface area contributed by atoms with Crippen LogP contribution in [0.3, 0.4) is 0 Å². The Labute approximate surface area is 76.6 Å². The quantitative estimate of drug-likeness (QED) is 0.620. The first-order valence-electron chi connectivity index (χ1n) is 4.27. The number of carboxylic acids is 1. The number of nitrogens with one attached hydrogen (secondary N) is 1. The summed E-state index contributed by atoms with van der Waals surface area (Å²) in [6.45, 7) is 4.20. The van der Waals surface area contributed by atoms with Crippen molar-refractivity contribution in [2.45, 2.75) is 12.8 Å². The van der Waals surface area contributed by atoms with Gasteiger partial charge < -0.3 is 10.4 Å². The predicted molar refractivity (Wildman–Crippen MR) is 47.1 cm³/mol. The van der Waals surface area contributed by atoms with Crippen molar-refractivity contribution in [1.82, 2.24) is 5.32 Å². The molecule has 0 bridgehead atoms. The lowest BCUT2D eigenvalue weighted by molar-refractivity contribution is -0.137. The number of hydrogen-bond acceptors (Lipinski definition) is 2. The molecule has 1 aliphatic rings. The molecule has 0 aromatic rings. The summed E-state index contributed by atoms with van der Waals surface area (Å²) < 4.78 is 0. The molecule has 2 N–H and O–H groups in total. The SMILES string of the molecule is C=C[C@H]1CNC(=O)[C@H]1CCC(=O)O. The van der Waals surface area contributed by atoms with E-state index in [4.69, 9.17) is 5.11 Å². The molecule has 1 amide bonds. The molecule has 4 nitrogen and oxygen atoms in total. The number of carbonyl (C=O) groups is 2. The van der Waals surface area contributed by atoms with Gasteiger partial charge in [0.1, 0.15) is 0 Å². The van der Waals surface area contributed by atoms with Gasteiger partial charge in [-0.05, 0) is 6.42 Å². The summed E-state index contributed by atoms with van der Waals surface area (Å²) in [7, 11) is 0. The number of carbonyl (C=O) groups excluding carboxylic acids is 1. The smallest absolute Gasteiger partial charge is 0.303 e. The Balaban J connectivity index is 2.49. The second-order valence-corrected chi connectivity index (χ2v) is 3.18. The van der Waals surface area contributed by atoms with Crippen LogP contribution < -0.4 is 5.32 Å². The Hall–Kier alpha value is -1.32.